The number of nitrogens with one attached hydrogen (secondary N) is 1. The molecule has 0 amide bonds. The summed E-state index contributed by atoms with van der Waals surface area (Å²) in [6.07, 6.45) is 0. The zero-order chi connectivity index (χ0) is 7.56. The van der Waals surface area contributed by atoms with E-state index < -0.39 is 0 Å². The molecule has 0 atom stereocenters. The summed E-state index contributed by atoms with van der Waals surface area (Å²) in [6, 6.07) is 5.24. The third-order valence-electron chi connectivity index (χ3n) is 1.61. The van der Waals surface area contributed by atoms with Crippen LogP contribution in [0.15, 0.2) is 18.2 Å². The Balaban J connectivity index is 3.14. The molecule has 0 heterocycles. The van der Waals surface area contributed by atoms with E-state index in [0.29, 0.717) is 0 Å². The van der Waals surface area contributed by atoms with Crippen LogP contribution in [-0.4, -0.2) is 5.11 Å². The highest BCUT2D eigenvalue weighted by atomic mass is 16.3. The lowest BCUT2D eigenvalue weighted by atomic mass is 10.1. The van der Waals surface area contributed by atoms with E-state index >= 15 is 0 Å². The van der Waals surface area contributed by atoms with Gasteiger partial charge in [0.1, 0.15) is 5.75 Å². The largest absolute Gasteiger partial charge is 0.508 e. The predicted molar refractivity (Wildman–Crippen MR) is 39.6 cm³/mol. The second kappa shape index (κ2) is 2.71. The van der Waals surface area contributed by atoms with Crippen molar-refractivity contribution in [3.63, 3.8) is 0 Å². The molecule has 0 bridgehead atoms. The molecule has 0 saturated carbocycles. The molecule has 2 nitrogen and oxygen atoms in total. The van der Waals surface area contributed by atoms with Gasteiger partial charge in [-0.3, -0.25) is 5.73 Å². The van der Waals surface area contributed by atoms with E-state index in [-0.39, 0.29) is 12.3 Å². The van der Waals surface area contributed by atoms with Crippen molar-refractivity contribution in [1.82, 2.24) is 5.73 Å². The zero-order valence-electron chi connectivity index (χ0n) is 5.89. The molecule has 0 aliphatic rings. The minimum atomic E-state index is 0.236. The second-order valence-electron chi connectivity index (χ2n) is 2.24. The molecule has 2 heteroatoms. The lowest BCUT2D eigenvalue weighted by molar-refractivity contribution is 0.470. The fraction of sp³-hybridized carbons (Fsp3) is 0.250. The van der Waals surface area contributed by atoms with Gasteiger partial charge in [0.15, 0.2) is 0 Å². The van der Waals surface area contributed by atoms with Gasteiger partial charge in [-0.15, -0.1) is 0 Å². The molecule has 1 aromatic carbocycles. The molecule has 0 spiro atoms. The number of hydrogen-bond acceptors (Lipinski definition) is 1. The monoisotopic (exact) mass is 136 g/mol. The molecule has 2 N–H and O–H groups in total. The molecule has 0 unspecified atom stereocenters. The van der Waals surface area contributed by atoms with Crippen molar-refractivity contribution < 1.29 is 5.11 Å². The zero-order valence-corrected chi connectivity index (χ0v) is 5.89. The molecule has 1 aromatic rings. The highest BCUT2D eigenvalue weighted by molar-refractivity contribution is 5.37. The van der Waals surface area contributed by atoms with Crippen LogP contribution in [0, 0.1) is 6.92 Å². The topological polar surface area (TPSA) is 44.0 Å². The molecule has 10 heavy (non-hydrogen) atoms. The maximum Gasteiger partial charge on any atom is 0.118 e. The van der Waals surface area contributed by atoms with Crippen LogP contribution in [0.2, 0.25) is 0 Å². The van der Waals surface area contributed by atoms with Gasteiger partial charge in [0.05, 0.1) is 0 Å². The van der Waals surface area contributed by atoms with Crippen molar-refractivity contribution >= 4 is 0 Å². The summed E-state index contributed by atoms with van der Waals surface area (Å²) >= 11 is 0. The summed E-state index contributed by atoms with van der Waals surface area (Å²) in [7, 11) is 0. The highest BCUT2D eigenvalue weighted by Gasteiger charge is 1.98. The second-order valence-corrected chi connectivity index (χ2v) is 2.24. The van der Waals surface area contributed by atoms with Gasteiger partial charge in [0.2, 0.25) is 0 Å². The number of rotatable bonds is 1. The highest BCUT2D eigenvalue weighted by Crippen LogP contribution is 2.18. The van der Waals surface area contributed by atoms with Crippen molar-refractivity contribution in [3.8, 4) is 5.75 Å². The Kier molecular flexibility index (Phi) is 1.92. The minimum Gasteiger partial charge on any atom is -0.508 e. The molecule has 0 fully saturated rings. The molecule has 0 aliphatic carbocycles. The Morgan fingerprint density at radius 2 is 2.20 bits per heavy atom. The normalized spacial score (nSPS) is 9.80. The van der Waals surface area contributed by atoms with Crippen LogP contribution in [0.5, 0.6) is 5.75 Å². The first-order valence-corrected chi connectivity index (χ1v) is 3.17. The SMILES string of the molecule is Cc1c(O)cccc1C[NH]. The van der Waals surface area contributed by atoms with Gasteiger partial charge in [-0.25, -0.2) is 0 Å². The third kappa shape index (κ3) is 1.11. The van der Waals surface area contributed by atoms with Gasteiger partial charge in [-0.1, -0.05) is 12.1 Å². The van der Waals surface area contributed by atoms with Gasteiger partial charge in [0, 0.05) is 6.54 Å². The van der Waals surface area contributed by atoms with Crippen molar-refractivity contribution in [2.24, 2.45) is 0 Å². The summed E-state index contributed by atoms with van der Waals surface area (Å²) in [5, 5.41) is 9.15. The third-order valence-corrected chi connectivity index (χ3v) is 1.61. The Hall–Kier alpha value is -1.02. The Labute approximate surface area is 60.3 Å². The smallest absolute Gasteiger partial charge is 0.118 e. The summed E-state index contributed by atoms with van der Waals surface area (Å²) in [4.78, 5) is 0. The van der Waals surface area contributed by atoms with Gasteiger partial charge in [-0.05, 0) is 24.1 Å². The summed E-state index contributed by atoms with van der Waals surface area (Å²) < 4.78 is 0. The van der Waals surface area contributed by atoms with Crippen LogP contribution in [0.3, 0.4) is 0 Å². The van der Waals surface area contributed by atoms with Crippen LogP contribution in [0.4, 0.5) is 0 Å². The molecular formula is C8H10NO. The van der Waals surface area contributed by atoms with Crippen LogP contribution < -0.4 is 5.73 Å². The van der Waals surface area contributed by atoms with Crippen molar-refractivity contribution in [3.05, 3.63) is 29.3 Å². The molecular weight excluding hydrogens is 126 g/mol. The first kappa shape index (κ1) is 7.09. The van der Waals surface area contributed by atoms with E-state index in [0.717, 1.165) is 11.1 Å². The molecule has 1 radical (unpaired) electrons. The predicted octanol–water partition coefficient (Wildman–Crippen LogP) is 1.48. The first-order chi connectivity index (χ1) is 4.75. The van der Waals surface area contributed by atoms with Crippen LogP contribution in [-0.2, 0) is 6.54 Å². The minimum absolute atomic E-state index is 0.236. The lowest BCUT2D eigenvalue weighted by Crippen LogP contribution is -1.88. The van der Waals surface area contributed by atoms with E-state index in [1.54, 1.807) is 12.1 Å². The number of phenolic OH excluding ortho intramolecular Hbond substituents is 1. The molecule has 53 valence electrons. The van der Waals surface area contributed by atoms with Crippen LogP contribution in [0.25, 0.3) is 0 Å². The average Bonchev–Trinajstić information content (AvgIpc) is 1.95. The van der Waals surface area contributed by atoms with Crippen LogP contribution in [0.1, 0.15) is 11.1 Å². The Bertz CT molecular complexity index is 233. The molecule has 0 aromatic heterocycles. The summed E-state index contributed by atoms with van der Waals surface area (Å²) in [6.45, 7) is 2.05. The van der Waals surface area contributed by atoms with Gasteiger partial charge in [-0.2, -0.15) is 0 Å². The van der Waals surface area contributed by atoms with E-state index in [4.69, 9.17) is 10.8 Å². The standard InChI is InChI=1S/C8H10NO/c1-6-7(5-9)3-2-4-8(6)10/h2-4,9-10H,5H2,1H3. The Morgan fingerprint density at radius 3 is 2.70 bits per heavy atom. The van der Waals surface area contributed by atoms with Crippen molar-refractivity contribution in [1.29, 1.82) is 0 Å². The van der Waals surface area contributed by atoms with E-state index in [1.807, 2.05) is 13.0 Å². The van der Waals surface area contributed by atoms with Gasteiger partial charge >= 0.3 is 0 Å². The quantitative estimate of drug-likeness (QED) is 0.624. The number of hydrogen-bond donors (Lipinski definition) is 1. The van der Waals surface area contributed by atoms with Gasteiger partial charge < -0.3 is 5.11 Å². The van der Waals surface area contributed by atoms with E-state index in [2.05, 4.69) is 0 Å². The summed E-state index contributed by atoms with van der Waals surface area (Å²) in [5.41, 5.74) is 8.78. The fourth-order valence-electron chi connectivity index (χ4n) is 0.861. The van der Waals surface area contributed by atoms with Gasteiger partial charge in [0.25, 0.3) is 0 Å². The van der Waals surface area contributed by atoms with E-state index in [1.165, 1.54) is 0 Å². The van der Waals surface area contributed by atoms with Crippen molar-refractivity contribution in [2.45, 2.75) is 13.5 Å². The lowest BCUT2D eigenvalue weighted by Gasteiger charge is -2.02. The van der Waals surface area contributed by atoms with Crippen molar-refractivity contribution in [2.75, 3.05) is 0 Å². The molecule has 0 aliphatic heterocycles. The first-order valence-electron chi connectivity index (χ1n) is 3.17. The fourth-order valence-corrected chi connectivity index (χ4v) is 0.861. The maximum absolute atomic E-state index is 9.15. The maximum atomic E-state index is 9.15. The number of phenols is 1. The van der Waals surface area contributed by atoms with E-state index in [9.17, 15) is 0 Å². The molecule has 0 saturated heterocycles. The summed E-state index contributed by atoms with van der Waals surface area (Å²) in [5.74, 6) is 0.282. The average molecular weight is 136 g/mol. The number of benzene rings is 1. The molecule has 1 rings (SSSR count). The Morgan fingerprint density at radius 1 is 1.50 bits per heavy atom. The number of aromatic hydroxyl groups is 1. The van der Waals surface area contributed by atoms with Crippen LogP contribution >= 0.6 is 0 Å².